The number of hydrogen-bond acceptors (Lipinski definition) is 5. The van der Waals surface area contributed by atoms with E-state index in [0.29, 0.717) is 0 Å². The van der Waals surface area contributed by atoms with Crippen LogP contribution in [0.25, 0.3) is 0 Å². The maximum absolute atomic E-state index is 12.0. The summed E-state index contributed by atoms with van der Waals surface area (Å²) in [5, 5.41) is 13.7. The highest BCUT2D eigenvalue weighted by Crippen LogP contribution is 2.24. The third kappa shape index (κ3) is 3.91. The number of ether oxygens (including phenoxy) is 1. The smallest absolute Gasteiger partial charge is 0.345 e. The monoisotopic (exact) mass is 312 g/mol. The van der Waals surface area contributed by atoms with Crippen molar-refractivity contribution in [3.8, 4) is 0 Å². The van der Waals surface area contributed by atoms with Gasteiger partial charge in [0.05, 0.1) is 4.92 Å². The zero-order valence-corrected chi connectivity index (χ0v) is 11.9. The molecule has 112 valence electrons. The average Bonchev–Trinajstić information content (AvgIpc) is 3.21. The molecule has 2 rings (SSSR count). The van der Waals surface area contributed by atoms with Crippen LogP contribution in [0.5, 0.6) is 0 Å². The Bertz CT molecular complexity index is 600. The molecule has 0 bridgehead atoms. The highest BCUT2D eigenvalue weighted by molar-refractivity contribution is 6.31. The van der Waals surface area contributed by atoms with Crippen molar-refractivity contribution in [3.05, 3.63) is 38.9 Å². The standard InChI is InChI=1S/C13H13ClN2O5/c1-7(12(17)15-9-3-4-9)21-13(18)10-6-8(14)2-5-11(10)16(19)20/h2,5-7,9H,3-4H2,1H3,(H,15,17)/t7-/m1/s1. The van der Waals surface area contributed by atoms with Gasteiger partial charge in [0.25, 0.3) is 11.6 Å². The molecular formula is C13H13ClN2O5. The Morgan fingerprint density at radius 1 is 1.48 bits per heavy atom. The fourth-order valence-corrected chi connectivity index (χ4v) is 1.83. The third-order valence-electron chi connectivity index (χ3n) is 2.95. The molecule has 1 N–H and O–H groups in total. The lowest BCUT2D eigenvalue weighted by molar-refractivity contribution is -0.385. The molecule has 0 aliphatic heterocycles. The predicted octanol–water partition coefficient (Wildman–Crippen LogP) is 2.07. The molecule has 1 aromatic carbocycles. The molecule has 0 unspecified atom stereocenters. The molecule has 1 aliphatic carbocycles. The zero-order chi connectivity index (χ0) is 15.6. The topological polar surface area (TPSA) is 98.5 Å². The van der Waals surface area contributed by atoms with Crippen LogP contribution < -0.4 is 5.32 Å². The second kappa shape index (κ2) is 6.09. The molecule has 21 heavy (non-hydrogen) atoms. The summed E-state index contributed by atoms with van der Waals surface area (Å²) in [6, 6.07) is 3.71. The lowest BCUT2D eigenvalue weighted by Gasteiger charge is -2.13. The van der Waals surface area contributed by atoms with E-state index in [1.807, 2.05) is 0 Å². The number of benzene rings is 1. The molecule has 7 nitrogen and oxygen atoms in total. The van der Waals surface area contributed by atoms with E-state index in [1.165, 1.54) is 13.0 Å². The Morgan fingerprint density at radius 2 is 2.14 bits per heavy atom. The average molecular weight is 313 g/mol. The van der Waals surface area contributed by atoms with Crippen molar-refractivity contribution in [1.29, 1.82) is 0 Å². The maximum atomic E-state index is 12.0. The largest absolute Gasteiger partial charge is 0.449 e. The summed E-state index contributed by atoms with van der Waals surface area (Å²) >= 11 is 5.73. The van der Waals surface area contributed by atoms with E-state index in [4.69, 9.17) is 16.3 Å². The number of hydrogen-bond donors (Lipinski definition) is 1. The second-order valence-corrected chi connectivity index (χ2v) is 5.19. The summed E-state index contributed by atoms with van der Waals surface area (Å²) in [7, 11) is 0. The van der Waals surface area contributed by atoms with Crippen LogP contribution in [-0.2, 0) is 9.53 Å². The van der Waals surface area contributed by atoms with Crippen molar-refractivity contribution >= 4 is 29.2 Å². The summed E-state index contributed by atoms with van der Waals surface area (Å²) in [4.78, 5) is 33.9. The van der Waals surface area contributed by atoms with Gasteiger partial charge in [0.2, 0.25) is 0 Å². The fourth-order valence-electron chi connectivity index (χ4n) is 1.65. The number of amides is 1. The lowest BCUT2D eigenvalue weighted by atomic mass is 10.2. The van der Waals surface area contributed by atoms with Crippen LogP contribution in [-0.4, -0.2) is 28.9 Å². The van der Waals surface area contributed by atoms with E-state index in [2.05, 4.69) is 5.32 Å². The van der Waals surface area contributed by atoms with Gasteiger partial charge in [0, 0.05) is 17.1 Å². The number of esters is 1. The van der Waals surface area contributed by atoms with Crippen LogP contribution in [0.3, 0.4) is 0 Å². The Labute approximate surface area is 125 Å². The number of nitro groups is 1. The fraction of sp³-hybridized carbons (Fsp3) is 0.385. The van der Waals surface area contributed by atoms with E-state index in [-0.39, 0.29) is 16.6 Å². The van der Waals surface area contributed by atoms with Crippen molar-refractivity contribution in [1.82, 2.24) is 5.32 Å². The van der Waals surface area contributed by atoms with Crippen LogP contribution in [0.2, 0.25) is 5.02 Å². The van der Waals surface area contributed by atoms with E-state index >= 15 is 0 Å². The maximum Gasteiger partial charge on any atom is 0.345 e. The number of rotatable bonds is 5. The number of nitrogens with one attached hydrogen (secondary N) is 1. The summed E-state index contributed by atoms with van der Waals surface area (Å²) in [5.74, 6) is -1.38. The van der Waals surface area contributed by atoms with Gasteiger partial charge in [-0.1, -0.05) is 11.6 Å². The summed E-state index contributed by atoms with van der Waals surface area (Å²) in [5.41, 5.74) is -0.697. The Morgan fingerprint density at radius 3 is 2.71 bits per heavy atom. The third-order valence-corrected chi connectivity index (χ3v) is 3.19. The van der Waals surface area contributed by atoms with Crippen LogP contribution in [0.4, 0.5) is 5.69 Å². The molecule has 1 aliphatic rings. The van der Waals surface area contributed by atoms with E-state index < -0.39 is 28.6 Å². The van der Waals surface area contributed by atoms with Gasteiger partial charge in [0.15, 0.2) is 6.10 Å². The normalized spacial score (nSPS) is 15.1. The molecule has 1 aromatic rings. The molecular weight excluding hydrogens is 300 g/mol. The second-order valence-electron chi connectivity index (χ2n) is 4.75. The zero-order valence-electron chi connectivity index (χ0n) is 11.2. The first-order chi connectivity index (χ1) is 9.88. The van der Waals surface area contributed by atoms with Crippen LogP contribution in [0.1, 0.15) is 30.1 Å². The molecule has 0 aromatic heterocycles. The molecule has 0 spiro atoms. The first-order valence-corrected chi connectivity index (χ1v) is 6.71. The first-order valence-electron chi connectivity index (χ1n) is 6.34. The number of nitrogens with zero attached hydrogens (tertiary/aromatic N) is 1. The van der Waals surface area contributed by atoms with Crippen molar-refractivity contribution in [2.45, 2.75) is 31.9 Å². The predicted molar refractivity (Wildman–Crippen MR) is 74.1 cm³/mol. The minimum Gasteiger partial charge on any atom is -0.449 e. The highest BCUT2D eigenvalue weighted by Gasteiger charge is 2.29. The van der Waals surface area contributed by atoms with E-state index in [0.717, 1.165) is 25.0 Å². The first kappa shape index (κ1) is 15.2. The van der Waals surface area contributed by atoms with Gasteiger partial charge in [-0.15, -0.1) is 0 Å². The highest BCUT2D eigenvalue weighted by atomic mass is 35.5. The van der Waals surface area contributed by atoms with Crippen molar-refractivity contribution in [3.63, 3.8) is 0 Å². The van der Waals surface area contributed by atoms with Crippen LogP contribution >= 0.6 is 11.6 Å². The molecule has 0 radical (unpaired) electrons. The van der Waals surface area contributed by atoms with Gasteiger partial charge in [-0.3, -0.25) is 14.9 Å². The molecule has 0 heterocycles. The minimum absolute atomic E-state index is 0.138. The van der Waals surface area contributed by atoms with Gasteiger partial charge >= 0.3 is 5.97 Å². The van der Waals surface area contributed by atoms with Gasteiger partial charge < -0.3 is 10.1 Å². The molecule has 1 saturated carbocycles. The van der Waals surface area contributed by atoms with Gasteiger partial charge in [-0.2, -0.15) is 0 Å². The molecule has 1 amide bonds. The molecule has 8 heteroatoms. The summed E-state index contributed by atoms with van der Waals surface area (Å²) < 4.78 is 4.96. The van der Waals surface area contributed by atoms with Gasteiger partial charge in [0.1, 0.15) is 5.56 Å². The molecule has 1 fully saturated rings. The Balaban J connectivity index is 2.10. The van der Waals surface area contributed by atoms with E-state index in [1.54, 1.807) is 0 Å². The molecule has 0 saturated heterocycles. The molecule has 1 atom stereocenters. The number of carbonyl (C=O) groups is 2. The van der Waals surface area contributed by atoms with Crippen molar-refractivity contribution in [2.75, 3.05) is 0 Å². The number of halogens is 1. The lowest BCUT2D eigenvalue weighted by Crippen LogP contribution is -2.37. The minimum atomic E-state index is -1.03. The van der Waals surface area contributed by atoms with Crippen LogP contribution in [0.15, 0.2) is 18.2 Å². The van der Waals surface area contributed by atoms with Gasteiger partial charge in [-0.25, -0.2) is 4.79 Å². The van der Waals surface area contributed by atoms with Crippen molar-refractivity contribution < 1.29 is 19.2 Å². The number of nitro benzene ring substituents is 1. The quantitative estimate of drug-likeness (QED) is 0.510. The summed E-state index contributed by atoms with van der Waals surface area (Å²) in [6.07, 6.45) is 0.787. The summed E-state index contributed by atoms with van der Waals surface area (Å²) in [6.45, 7) is 1.41. The Kier molecular flexibility index (Phi) is 4.42. The van der Waals surface area contributed by atoms with E-state index in [9.17, 15) is 19.7 Å². The number of carbonyl (C=O) groups excluding carboxylic acids is 2. The SMILES string of the molecule is C[C@@H](OC(=O)c1cc(Cl)ccc1[N+](=O)[O-])C(=O)NC1CC1. The Hall–Kier alpha value is -2.15. The van der Waals surface area contributed by atoms with Gasteiger partial charge in [-0.05, 0) is 31.9 Å². The van der Waals surface area contributed by atoms with Crippen molar-refractivity contribution in [2.24, 2.45) is 0 Å². The van der Waals surface area contributed by atoms with Crippen LogP contribution in [0, 0.1) is 10.1 Å².